The highest BCUT2D eigenvalue weighted by Crippen LogP contribution is 2.23. The second-order valence-corrected chi connectivity index (χ2v) is 6.50. The fourth-order valence-electron chi connectivity index (χ4n) is 2.10. The van der Waals surface area contributed by atoms with Gasteiger partial charge in [0.2, 0.25) is 0 Å². The Bertz CT molecular complexity index is 730. The van der Waals surface area contributed by atoms with Crippen LogP contribution in [0.3, 0.4) is 0 Å². The molecule has 0 aliphatic rings. The molecule has 0 heterocycles. The van der Waals surface area contributed by atoms with Gasteiger partial charge in [0.15, 0.2) is 6.61 Å². The van der Waals surface area contributed by atoms with E-state index in [0.29, 0.717) is 5.69 Å². The molecule has 2 aromatic rings. The second kappa shape index (κ2) is 7.17. The van der Waals surface area contributed by atoms with Crippen LogP contribution >= 0.6 is 0 Å². The van der Waals surface area contributed by atoms with Gasteiger partial charge in [-0.3, -0.25) is 4.79 Å². The van der Waals surface area contributed by atoms with E-state index in [4.69, 9.17) is 4.74 Å². The van der Waals surface area contributed by atoms with Crippen molar-refractivity contribution in [3.8, 4) is 5.75 Å². The van der Waals surface area contributed by atoms with Crippen LogP contribution in [0.1, 0.15) is 36.7 Å². The maximum absolute atomic E-state index is 11.9. The number of nitrogens with one attached hydrogen (secondary N) is 1. The van der Waals surface area contributed by atoms with Gasteiger partial charge in [-0.05, 0) is 41.3 Å². The van der Waals surface area contributed by atoms with Crippen molar-refractivity contribution in [3.63, 3.8) is 0 Å². The molecule has 2 aromatic carbocycles. The van der Waals surface area contributed by atoms with Crippen LogP contribution in [0.4, 0.5) is 5.69 Å². The average Bonchev–Trinajstić information content (AvgIpc) is 2.52. The van der Waals surface area contributed by atoms with E-state index in [0.717, 1.165) is 5.56 Å². The monoisotopic (exact) mass is 327 g/mol. The third kappa shape index (κ3) is 4.84. The molecule has 0 atom stereocenters. The number of hydrogen-bond acceptors (Lipinski definition) is 4. The first-order valence-electron chi connectivity index (χ1n) is 7.62. The Morgan fingerprint density at radius 1 is 1.08 bits per heavy atom. The van der Waals surface area contributed by atoms with Crippen molar-refractivity contribution in [3.05, 3.63) is 59.7 Å². The minimum atomic E-state index is -0.663. The largest absolute Gasteiger partial charge is 0.508 e. The van der Waals surface area contributed by atoms with Crippen molar-refractivity contribution in [2.24, 2.45) is 0 Å². The summed E-state index contributed by atoms with van der Waals surface area (Å²) in [6.07, 6.45) is 0. The van der Waals surface area contributed by atoms with Crippen LogP contribution in [-0.4, -0.2) is 23.6 Å². The topological polar surface area (TPSA) is 75.6 Å². The number of amides is 1. The standard InChI is InChI=1S/C19H21NO4/c1-19(2,3)14-7-9-15(10-8-14)20-17(22)12-24-18(23)13-5-4-6-16(21)11-13/h4-11,21H,12H2,1-3H3,(H,20,22). The first kappa shape index (κ1) is 17.5. The molecule has 126 valence electrons. The summed E-state index contributed by atoms with van der Waals surface area (Å²) in [5.74, 6) is -1.12. The number of ether oxygens (including phenoxy) is 1. The van der Waals surface area contributed by atoms with E-state index < -0.39 is 18.5 Å². The third-order valence-electron chi connectivity index (χ3n) is 3.45. The fourth-order valence-corrected chi connectivity index (χ4v) is 2.10. The minimum Gasteiger partial charge on any atom is -0.508 e. The van der Waals surface area contributed by atoms with Crippen molar-refractivity contribution in [1.29, 1.82) is 0 Å². The number of phenolic OH excluding ortho intramolecular Hbond substituents is 1. The molecular formula is C19H21NO4. The van der Waals surface area contributed by atoms with E-state index in [9.17, 15) is 14.7 Å². The van der Waals surface area contributed by atoms with E-state index in [2.05, 4.69) is 26.1 Å². The van der Waals surface area contributed by atoms with Gasteiger partial charge in [0.1, 0.15) is 5.75 Å². The molecule has 0 spiro atoms. The Kier molecular flexibility index (Phi) is 5.24. The smallest absolute Gasteiger partial charge is 0.338 e. The quantitative estimate of drug-likeness (QED) is 0.843. The Balaban J connectivity index is 1.88. The van der Waals surface area contributed by atoms with Gasteiger partial charge in [-0.25, -0.2) is 4.79 Å². The fraction of sp³-hybridized carbons (Fsp3) is 0.263. The molecular weight excluding hydrogens is 306 g/mol. The lowest BCUT2D eigenvalue weighted by molar-refractivity contribution is -0.119. The van der Waals surface area contributed by atoms with Gasteiger partial charge in [0, 0.05) is 5.69 Å². The zero-order chi connectivity index (χ0) is 17.7. The average molecular weight is 327 g/mol. The molecule has 0 fully saturated rings. The number of carbonyl (C=O) groups excluding carboxylic acids is 2. The van der Waals surface area contributed by atoms with Crippen molar-refractivity contribution in [2.75, 3.05) is 11.9 Å². The summed E-state index contributed by atoms with van der Waals surface area (Å²) in [7, 11) is 0. The van der Waals surface area contributed by atoms with Gasteiger partial charge in [0.05, 0.1) is 5.56 Å². The zero-order valence-electron chi connectivity index (χ0n) is 14.0. The predicted molar refractivity (Wildman–Crippen MR) is 92.2 cm³/mol. The minimum absolute atomic E-state index is 0.0344. The van der Waals surface area contributed by atoms with Crippen LogP contribution in [0, 0.1) is 0 Å². The van der Waals surface area contributed by atoms with Crippen LogP contribution in [0.25, 0.3) is 0 Å². The summed E-state index contributed by atoms with van der Waals surface area (Å²) in [5, 5.41) is 12.0. The molecule has 24 heavy (non-hydrogen) atoms. The summed E-state index contributed by atoms with van der Waals surface area (Å²) in [4.78, 5) is 23.7. The summed E-state index contributed by atoms with van der Waals surface area (Å²) >= 11 is 0. The van der Waals surface area contributed by atoms with Crippen molar-refractivity contribution < 1.29 is 19.4 Å². The lowest BCUT2D eigenvalue weighted by Crippen LogP contribution is -2.21. The number of rotatable bonds is 4. The molecule has 5 heteroatoms. The summed E-state index contributed by atoms with van der Waals surface area (Å²) in [6, 6.07) is 13.3. The number of hydrogen-bond donors (Lipinski definition) is 2. The Morgan fingerprint density at radius 3 is 2.33 bits per heavy atom. The molecule has 2 rings (SSSR count). The van der Waals surface area contributed by atoms with Crippen LogP contribution in [0.15, 0.2) is 48.5 Å². The molecule has 0 aliphatic heterocycles. The lowest BCUT2D eigenvalue weighted by atomic mass is 9.87. The van der Waals surface area contributed by atoms with Crippen LogP contribution in [0.5, 0.6) is 5.75 Å². The number of aromatic hydroxyl groups is 1. The first-order valence-corrected chi connectivity index (χ1v) is 7.62. The number of benzene rings is 2. The third-order valence-corrected chi connectivity index (χ3v) is 3.45. The molecule has 0 aliphatic carbocycles. The normalized spacial score (nSPS) is 11.0. The zero-order valence-corrected chi connectivity index (χ0v) is 14.0. The first-order chi connectivity index (χ1) is 11.3. The highest BCUT2D eigenvalue weighted by atomic mass is 16.5. The number of phenols is 1. The van der Waals surface area contributed by atoms with E-state index in [-0.39, 0.29) is 16.7 Å². The Morgan fingerprint density at radius 2 is 1.75 bits per heavy atom. The van der Waals surface area contributed by atoms with Crippen molar-refractivity contribution in [1.82, 2.24) is 0 Å². The maximum atomic E-state index is 11.9. The molecule has 2 N–H and O–H groups in total. The number of anilines is 1. The SMILES string of the molecule is CC(C)(C)c1ccc(NC(=O)COC(=O)c2cccc(O)c2)cc1. The van der Waals surface area contributed by atoms with Crippen LogP contribution < -0.4 is 5.32 Å². The van der Waals surface area contributed by atoms with E-state index in [1.54, 1.807) is 0 Å². The van der Waals surface area contributed by atoms with Crippen LogP contribution in [0.2, 0.25) is 0 Å². The van der Waals surface area contributed by atoms with Gasteiger partial charge >= 0.3 is 5.97 Å². The van der Waals surface area contributed by atoms with Crippen molar-refractivity contribution >= 4 is 17.6 Å². The van der Waals surface area contributed by atoms with E-state index in [1.807, 2.05) is 24.3 Å². The summed E-state index contributed by atoms with van der Waals surface area (Å²) in [6.45, 7) is 5.94. The van der Waals surface area contributed by atoms with Crippen LogP contribution in [-0.2, 0) is 14.9 Å². The Labute approximate surface area is 141 Å². The molecule has 0 bridgehead atoms. The van der Waals surface area contributed by atoms with Gasteiger partial charge < -0.3 is 15.2 Å². The predicted octanol–water partition coefficient (Wildman–Crippen LogP) is 3.49. The summed E-state index contributed by atoms with van der Waals surface area (Å²) in [5.41, 5.74) is 2.04. The molecule has 0 radical (unpaired) electrons. The second-order valence-electron chi connectivity index (χ2n) is 6.50. The highest BCUT2D eigenvalue weighted by molar-refractivity contribution is 5.95. The molecule has 0 saturated carbocycles. The van der Waals surface area contributed by atoms with E-state index >= 15 is 0 Å². The van der Waals surface area contributed by atoms with Gasteiger partial charge in [-0.15, -0.1) is 0 Å². The molecule has 0 saturated heterocycles. The van der Waals surface area contributed by atoms with Gasteiger partial charge in [-0.2, -0.15) is 0 Å². The summed E-state index contributed by atoms with van der Waals surface area (Å²) < 4.78 is 4.93. The van der Waals surface area contributed by atoms with E-state index in [1.165, 1.54) is 24.3 Å². The Hall–Kier alpha value is -2.82. The van der Waals surface area contributed by atoms with Crippen molar-refractivity contribution in [2.45, 2.75) is 26.2 Å². The molecule has 1 amide bonds. The highest BCUT2D eigenvalue weighted by Gasteiger charge is 2.14. The van der Waals surface area contributed by atoms with Gasteiger partial charge in [-0.1, -0.05) is 39.0 Å². The maximum Gasteiger partial charge on any atom is 0.338 e. The molecule has 0 aromatic heterocycles. The molecule has 0 unspecified atom stereocenters. The number of carbonyl (C=O) groups is 2. The molecule has 5 nitrogen and oxygen atoms in total. The van der Waals surface area contributed by atoms with Gasteiger partial charge in [0.25, 0.3) is 5.91 Å². The number of esters is 1. The lowest BCUT2D eigenvalue weighted by Gasteiger charge is -2.19.